The van der Waals surface area contributed by atoms with Crippen LogP contribution in [0.2, 0.25) is 0 Å². The summed E-state index contributed by atoms with van der Waals surface area (Å²) in [4.78, 5) is 0. The first kappa shape index (κ1) is 12.2. The van der Waals surface area contributed by atoms with Crippen LogP contribution in [-0.2, 0) is 6.42 Å². The van der Waals surface area contributed by atoms with E-state index in [4.69, 9.17) is 4.42 Å². The standard InChI is InChI=1S/C11H21N3O/c1-4-9(3)11-14-13-10(15-11)7-6-8-12-5-2/h9,12H,4-8H2,1-3H3. The van der Waals surface area contributed by atoms with Crippen molar-refractivity contribution in [3.05, 3.63) is 11.8 Å². The molecule has 0 amide bonds. The smallest absolute Gasteiger partial charge is 0.219 e. The fourth-order valence-corrected chi connectivity index (χ4v) is 1.28. The van der Waals surface area contributed by atoms with Gasteiger partial charge in [0.1, 0.15) is 0 Å². The Morgan fingerprint density at radius 1 is 1.33 bits per heavy atom. The number of hydrogen-bond donors (Lipinski definition) is 1. The molecule has 1 aromatic rings. The minimum absolute atomic E-state index is 0.375. The maximum Gasteiger partial charge on any atom is 0.219 e. The first-order valence-corrected chi connectivity index (χ1v) is 5.80. The Balaban J connectivity index is 2.33. The second-order valence-corrected chi connectivity index (χ2v) is 3.80. The molecule has 1 unspecified atom stereocenters. The van der Waals surface area contributed by atoms with Crippen LogP contribution in [0.25, 0.3) is 0 Å². The fourth-order valence-electron chi connectivity index (χ4n) is 1.28. The van der Waals surface area contributed by atoms with Crippen LogP contribution in [0.3, 0.4) is 0 Å². The van der Waals surface area contributed by atoms with Crippen LogP contribution in [0.1, 0.15) is 51.3 Å². The SMILES string of the molecule is CCNCCCc1nnc(C(C)CC)o1. The van der Waals surface area contributed by atoms with E-state index in [1.54, 1.807) is 0 Å². The van der Waals surface area contributed by atoms with Gasteiger partial charge in [-0.05, 0) is 25.9 Å². The summed E-state index contributed by atoms with van der Waals surface area (Å²) < 4.78 is 5.57. The molecule has 0 saturated heterocycles. The van der Waals surface area contributed by atoms with Crippen molar-refractivity contribution in [1.29, 1.82) is 0 Å². The number of rotatable bonds is 7. The van der Waals surface area contributed by atoms with E-state index in [9.17, 15) is 0 Å². The van der Waals surface area contributed by atoms with Crippen molar-refractivity contribution in [2.45, 2.75) is 46.0 Å². The van der Waals surface area contributed by atoms with E-state index < -0.39 is 0 Å². The summed E-state index contributed by atoms with van der Waals surface area (Å²) in [6.45, 7) is 8.36. The predicted octanol–water partition coefficient (Wildman–Crippen LogP) is 2.13. The summed E-state index contributed by atoms with van der Waals surface area (Å²) in [5, 5.41) is 11.4. The van der Waals surface area contributed by atoms with Gasteiger partial charge in [0.25, 0.3) is 0 Å². The van der Waals surface area contributed by atoms with Gasteiger partial charge < -0.3 is 9.73 Å². The minimum Gasteiger partial charge on any atom is -0.425 e. The van der Waals surface area contributed by atoms with Crippen LogP contribution in [0.5, 0.6) is 0 Å². The summed E-state index contributed by atoms with van der Waals surface area (Å²) >= 11 is 0. The molecule has 15 heavy (non-hydrogen) atoms. The molecule has 1 heterocycles. The molecule has 0 radical (unpaired) electrons. The third-order valence-electron chi connectivity index (χ3n) is 2.51. The molecule has 0 aliphatic heterocycles. The summed E-state index contributed by atoms with van der Waals surface area (Å²) in [5.41, 5.74) is 0. The molecule has 0 saturated carbocycles. The molecule has 1 rings (SSSR count). The number of aryl methyl sites for hydroxylation is 1. The highest BCUT2D eigenvalue weighted by Gasteiger charge is 2.11. The molecular weight excluding hydrogens is 190 g/mol. The van der Waals surface area contributed by atoms with Crippen LogP contribution < -0.4 is 5.32 Å². The largest absolute Gasteiger partial charge is 0.425 e. The number of hydrogen-bond acceptors (Lipinski definition) is 4. The quantitative estimate of drug-likeness (QED) is 0.702. The molecule has 86 valence electrons. The maximum atomic E-state index is 5.57. The molecule has 1 atom stereocenters. The molecule has 4 heteroatoms. The molecule has 0 bridgehead atoms. The van der Waals surface area contributed by atoms with Crippen molar-refractivity contribution < 1.29 is 4.42 Å². The first-order valence-electron chi connectivity index (χ1n) is 5.80. The fraction of sp³-hybridized carbons (Fsp3) is 0.818. The van der Waals surface area contributed by atoms with Gasteiger partial charge in [-0.15, -0.1) is 10.2 Å². The van der Waals surface area contributed by atoms with Gasteiger partial charge in [0.15, 0.2) is 0 Å². The summed E-state index contributed by atoms with van der Waals surface area (Å²) in [6.07, 6.45) is 2.96. The minimum atomic E-state index is 0.375. The van der Waals surface area contributed by atoms with Crippen LogP contribution in [0.15, 0.2) is 4.42 Å². The van der Waals surface area contributed by atoms with Crippen molar-refractivity contribution in [2.24, 2.45) is 0 Å². The molecule has 0 aliphatic rings. The van der Waals surface area contributed by atoms with Crippen LogP contribution in [0, 0.1) is 0 Å². The van der Waals surface area contributed by atoms with E-state index in [-0.39, 0.29) is 0 Å². The van der Waals surface area contributed by atoms with Gasteiger partial charge in [-0.1, -0.05) is 20.8 Å². The van der Waals surface area contributed by atoms with E-state index in [1.165, 1.54) is 0 Å². The van der Waals surface area contributed by atoms with Gasteiger partial charge in [-0.25, -0.2) is 0 Å². The molecule has 0 aromatic carbocycles. The second kappa shape index (κ2) is 6.56. The summed E-state index contributed by atoms with van der Waals surface area (Å²) in [7, 11) is 0. The average Bonchev–Trinajstić information content (AvgIpc) is 2.72. The topological polar surface area (TPSA) is 51.0 Å². The second-order valence-electron chi connectivity index (χ2n) is 3.80. The van der Waals surface area contributed by atoms with Crippen LogP contribution >= 0.6 is 0 Å². The molecule has 1 aromatic heterocycles. The maximum absolute atomic E-state index is 5.57. The highest BCUT2D eigenvalue weighted by Crippen LogP contribution is 2.16. The highest BCUT2D eigenvalue weighted by atomic mass is 16.4. The Hall–Kier alpha value is -0.900. The number of aromatic nitrogens is 2. The molecule has 0 fully saturated rings. The first-order chi connectivity index (χ1) is 7.27. The number of nitrogens with zero attached hydrogens (tertiary/aromatic N) is 2. The number of nitrogens with one attached hydrogen (secondary N) is 1. The van der Waals surface area contributed by atoms with E-state index in [1.807, 2.05) is 0 Å². The van der Waals surface area contributed by atoms with E-state index in [2.05, 4.69) is 36.3 Å². The van der Waals surface area contributed by atoms with Gasteiger partial charge in [0.2, 0.25) is 11.8 Å². The lowest BCUT2D eigenvalue weighted by atomic mass is 10.1. The molecule has 4 nitrogen and oxygen atoms in total. The zero-order valence-electron chi connectivity index (χ0n) is 9.92. The van der Waals surface area contributed by atoms with Crippen molar-refractivity contribution >= 4 is 0 Å². The van der Waals surface area contributed by atoms with Crippen molar-refractivity contribution in [3.8, 4) is 0 Å². The third-order valence-corrected chi connectivity index (χ3v) is 2.51. The van der Waals surface area contributed by atoms with Crippen LogP contribution in [-0.4, -0.2) is 23.3 Å². The highest BCUT2D eigenvalue weighted by molar-refractivity contribution is 4.88. The van der Waals surface area contributed by atoms with Gasteiger partial charge in [-0.2, -0.15) is 0 Å². The Kier molecular flexibility index (Phi) is 5.32. The zero-order valence-corrected chi connectivity index (χ0v) is 9.92. The lowest BCUT2D eigenvalue weighted by molar-refractivity contribution is 0.415. The third kappa shape index (κ3) is 4.00. The Labute approximate surface area is 91.5 Å². The van der Waals surface area contributed by atoms with E-state index in [0.717, 1.165) is 44.1 Å². The lowest BCUT2D eigenvalue weighted by Gasteiger charge is -2.00. The van der Waals surface area contributed by atoms with Gasteiger partial charge in [-0.3, -0.25) is 0 Å². The molecule has 1 N–H and O–H groups in total. The van der Waals surface area contributed by atoms with Gasteiger partial charge in [0, 0.05) is 12.3 Å². The zero-order chi connectivity index (χ0) is 11.1. The summed E-state index contributed by atoms with van der Waals surface area (Å²) in [5.74, 6) is 1.92. The van der Waals surface area contributed by atoms with Gasteiger partial charge >= 0.3 is 0 Å². The molecular formula is C11H21N3O. The molecule has 0 spiro atoms. The van der Waals surface area contributed by atoms with Crippen molar-refractivity contribution in [1.82, 2.24) is 15.5 Å². The predicted molar refractivity (Wildman–Crippen MR) is 59.9 cm³/mol. The Morgan fingerprint density at radius 3 is 2.80 bits per heavy atom. The van der Waals surface area contributed by atoms with Crippen molar-refractivity contribution in [2.75, 3.05) is 13.1 Å². The monoisotopic (exact) mass is 211 g/mol. The average molecular weight is 211 g/mol. The Bertz CT molecular complexity index is 273. The van der Waals surface area contributed by atoms with Crippen molar-refractivity contribution in [3.63, 3.8) is 0 Å². The normalized spacial score (nSPS) is 13.0. The Morgan fingerprint density at radius 2 is 2.13 bits per heavy atom. The molecule has 0 aliphatic carbocycles. The lowest BCUT2D eigenvalue weighted by Crippen LogP contribution is -2.14. The van der Waals surface area contributed by atoms with E-state index in [0.29, 0.717) is 5.92 Å². The van der Waals surface area contributed by atoms with Crippen LogP contribution in [0.4, 0.5) is 0 Å². The van der Waals surface area contributed by atoms with E-state index >= 15 is 0 Å². The summed E-state index contributed by atoms with van der Waals surface area (Å²) in [6, 6.07) is 0. The van der Waals surface area contributed by atoms with Gasteiger partial charge in [0.05, 0.1) is 0 Å².